The number of nitriles is 1. The average molecular weight is 239 g/mol. The highest BCUT2D eigenvalue weighted by Crippen LogP contribution is 2.15. The number of benzene rings is 1. The van der Waals surface area contributed by atoms with Crippen molar-refractivity contribution in [1.29, 1.82) is 5.26 Å². The molecule has 18 heavy (non-hydrogen) atoms. The van der Waals surface area contributed by atoms with E-state index in [1.54, 1.807) is 12.1 Å². The summed E-state index contributed by atoms with van der Waals surface area (Å²) in [6, 6.07) is 9.37. The molecule has 3 nitrogen and oxygen atoms in total. The van der Waals surface area contributed by atoms with E-state index in [9.17, 15) is 0 Å². The van der Waals surface area contributed by atoms with Crippen LogP contribution in [0.3, 0.4) is 0 Å². The van der Waals surface area contributed by atoms with Gasteiger partial charge in [-0.1, -0.05) is 23.4 Å². The zero-order valence-corrected chi connectivity index (χ0v) is 10.2. The predicted octanol–water partition coefficient (Wildman–Crippen LogP) is 3.44. The number of rotatable bonds is 4. The Labute approximate surface area is 107 Å². The topological polar surface area (TPSA) is 45.4 Å². The molecule has 0 spiro atoms. The summed E-state index contributed by atoms with van der Waals surface area (Å²) in [7, 11) is 0. The van der Waals surface area contributed by atoms with Gasteiger partial charge >= 0.3 is 0 Å². The van der Waals surface area contributed by atoms with Gasteiger partial charge in [-0.15, -0.1) is 0 Å². The molecule has 1 radical (unpaired) electrons. The largest absolute Gasteiger partial charge is 0.390 e. The van der Waals surface area contributed by atoms with Crippen LogP contribution in [0, 0.1) is 11.3 Å². The van der Waals surface area contributed by atoms with Crippen molar-refractivity contribution in [3.63, 3.8) is 0 Å². The summed E-state index contributed by atoms with van der Waals surface area (Å²) < 4.78 is 0. The maximum Gasteiger partial charge on any atom is 0.142 e. The molecule has 0 atom stereocenters. The van der Waals surface area contributed by atoms with Crippen LogP contribution in [0.1, 0.15) is 36.8 Å². The van der Waals surface area contributed by atoms with E-state index in [1.165, 1.54) is 12.8 Å². The number of allylic oxidation sites excluding steroid dienone is 2. The molecule has 0 heterocycles. The van der Waals surface area contributed by atoms with Crippen LogP contribution in [0.5, 0.6) is 0 Å². The Morgan fingerprint density at radius 3 is 2.72 bits per heavy atom. The lowest BCUT2D eigenvalue weighted by molar-refractivity contribution is 0.132. The lowest BCUT2D eigenvalue weighted by Gasteiger charge is -2.06. The Morgan fingerprint density at radius 2 is 2.06 bits per heavy atom. The number of hydrogen-bond donors (Lipinski definition) is 0. The number of nitrogens with zero attached hydrogens (tertiary/aromatic N) is 2. The molecular formula is C15H15N2O. The van der Waals surface area contributed by atoms with Gasteiger partial charge in [0.2, 0.25) is 0 Å². The zero-order valence-electron chi connectivity index (χ0n) is 10.2. The highest BCUT2D eigenvalue weighted by Gasteiger charge is 2.01. The molecule has 3 heteroatoms. The summed E-state index contributed by atoms with van der Waals surface area (Å²) in [5, 5.41) is 12.5. The fourth-order valence-corrected chi connectivity index (χ4v) is 1.81. The Kier molecular flexibility index (Phi) is 4.54. The van der Waals surface area contributed by atoms with Crippen molar-refractivity contribution >= 4 is 6.21 Å². The molecule has 1 aliphatic rings. The van der Waals surface area contributed by atoms with Gasteiger partial charge in [-0.25, -0.2) is 0 Å². The molecule has 91 valence electrons. The lowest BCUT2D eigenvalue weighted by Crippen LogP contribution is -1.94. The molecular weight excluding hydrogens is 224 g/mol. The minimum atomic E-state index is 0.409. The van der Waals surface area contributed by atoms with Crippen molar-refractivity contribution in [2.24, 2.45) is 5.16 Å². The minimum absolute atomic E-state index is 0.409. The molecule has 0 aromatic heterocycles. The molecule has 2 rings (SSSR count). The molecule has 0 bridgehead atoms. The van der Waals surface area contributed by atoms with Crippen LogP contribution >= 0.6 is 0 Å². The van der Waals surface area contributed by atoms with Gasteiger partial charge in [0.1, 0.15) is 12.8 Å². The van der Waals surface area contributed by atoms with E-state index >= 15 is 0 Å². The third-order valence-corrected chi connectivity index (χ3v) is 2.86. The third kappa shape index (κ3) is 3.74. The maximum absolute atomic E-state index is 8.67. The summed E-state index contributed by atoms with van der Waals surface area (Å²) in [5.41, 5.74) is 2.79. The maximum atomic E-state index is 8.67. The lowest BCUT2D eigenvalue weighted by atomic mass is 10.0. The first-order valence-electron chi connectivity index (χ1n) is 6.14. The summed E-state index contributed by atoms with van der Waals surface area (Å²) in [5.74, 6) is 0. The molecule has 0 amide bonds. The Morgan fingerprint density at radius 1 is 1.22 bits per heavy atom. The first-order chi connectivity index (χ1) is 8.88. The van der Waals surface area contributed by atoms with Crippen molar-refractivity contribution in [3.8, 4) is 6.07 Å². The van der Waals surface area contributed by atoms with Gasteiger partial charge < -0.3 is 4.84 Å². The molecule has 1 aromatic carbocycles. The van der Waals surface area contributed by atoms with Crippen LogP contribution in [0.15, 0.2) is 41.1 Å². The van der Waals surface area contributed by atoms with E-state index in [0.29, 0.717) is 12.2 Å². The normalized spacial score (nSPS) is 15.2. The van der Waals surface area contributed by atoms with Crippen molar-refractivity contribution in [1.82, 2.24) is 0 Å². The van der Waals surface area contributed by atoms with Crippen LogP contribution in [0.25, 0.3) is 0 Å². The molecule has 0 fully saturated rings. The van der Waals surface area contributed by atoms with E-state index in [1.807, 2.05) is 12.1 Å². The van der Waals surface area contributed by atoms with Crippen molar-refractivity contribution < 1.29 is 4.84 Å². The molecule has 0 saturated carbocycles. The summed E-state index contributed by atoms with van der Waals surface area (Å²) in [6.45, 7) is 0.409. The van der Waals surface area contributed by atoms with Gasteiger partial charge in [0.05, 0.1) is 11.6 Å². The van der Waals surface area contributed by atoms with Crippen molar-refractivity contribution in [2.45, 2.75) is 32.3 Å². The van der Waals surface area contributed by atoms with E-state index in [4.69, 9.17) is 10.1 Å². The van der Waals surface area contributed by atoms with Gasteiger partial charge in [-0.3, -0.25) is 0 Å². The highest BCUT2D eigenvalue weighted by molar-refractivity contribution is 5.78. The van der Waals surface area contributed by atoms with Gasteiger partial charge in [0.25, 0.3) is 0 Å². The van der Waals surface area contributed by atoms with Gasteiger partial charge in [-0.2, -0.15) is 5.26 Å². The second kappa shape index (κ2) is 6.61. The van der Waals surface area contributed by atoms with Crippen LogP contribution in [0.2, 0.25) is 0 Å². The minimum Gasteiger partial charge on any atom is -0.390 e. The molecule has 0 aliphatic heterocycles. The summed E-state index contributed by atoms with van der Waals surface area (Å²) in [6.07, 6.45) is 9.73. The number of hydrogen-bond acceptors (Lipinski definition) is 3. The van der Waals surface area contributed by atoms with Gasteiger partial charge in [0.15, 0.2) is 0 Å². The zero-order chi connectivity index (χ0) is 12.6. The fourth-order valence-electron chi connectivity index (χ4n) is 1.81. The molecule has 1 aliphatic carbocycles. The van der Waals surface area contributed by atoms with Gasteiger partial charge in [0, 0.05) is 0 Å². The second-order valence-electron chi connectivity index (χ2n) is 4.26. The third-order valence-electron chi connectivity index (χ3n) is 2.86. The van der Waals surface area contributed by atoms with E-state index in [2.05, 4.69) is 23.5 Å². The smallest absolute Gasteiger partial charge is 0.142 e. The van der Waals surface area contributed by atoms with Crippen LogP contribution in [0.4, 0.5) is 0 Å². The molecule has 0 unspecified atom stereocenters. The summed E-state index contributed by atoms with van der Waals surface area (Å²) >= 11 is 0. The second-order valence-corrected chi connectivity index (χ2v) is 4.26. The predicted molar refractivity (Wildman–Crippen MR) is 69.9 cm³/mol. The highest BCUT2D eigenvalue weighted by atomic mass is 16.6. The van der Waals surface area contributed by atoms with Crippen LogP contribution < -0.4 is 0 Å². The van der Waals surface area contributed by atoms with Gasteiger partial charge in [-0.05, 0) is 49.0 Å². The van der Waals surface area contributed by atoms with Crippen molar-refractivity contribution in [3.05, 3.63) is 47.0 Å². The summed E-state index contributed by atoms with van der Waals surface area (Å²) in [4.78, 5) is 5.19. The van der Waals surface area contributed by atoms with Crippen LogP contribution in [-0.4, -0.2) is 6.21 Å². The Bertz CT molecular complexity index is 480. The molecule has 0 N–H and O–H groups in total. The fraction of sp³-hybridized carbons (Fsp3) is 0.333. The monoisotopic (exact) mass is 239 g/mol. The average Bonchev–Trinajstić information content (AvgIpc) is 2.45. The Balaban J connectivity index is 1.79. The Hall–Kier alpha value is -2.08. The van der Waals surface area contributed by atoms with Crippen LogP contribution in [-0.2, 0) is 11.4 Å². The standard InChI is InChI=1S/C15H15N2O/c16-10-13-6-8-15(9-7-13)12-18-17-11-14-4-2-1-3-5-14/h4,6-9H,1-3,5,12H2. The van der Waals surface area contributed by atoms with Crippen molar-refractivity contribution in [2.75, 3.05) is 0 Å². The van der Waals surface area contributed by atoms with E-state index < -0.39 is 0 Å². The molecule has 0 saturated heterocycles. The first kappa shape index (κ1) is 12.4. The quantitative estimate of drug-likeness (QED) is 0.596. The molecule has 1 aromatic rings. The van der Waals surface area contributed by atoms with E-state index in [0.717, 1.165) is 24.0 Å². The van der Waals surface area contributed by atoms with E-state index in [-0.39, 0.29) is 0 Å². The first-order valence-corrected chi connectivity index (χ1v) is 6.14. The SMILES string of the molecule is N#Cc1ccc(CO/N=[C]\C2=CCCCC2)cc1.